The number of fused-ring (bicyclic) bond motifs is 1. The van der Waals surface area contributed by atoms with E-state index in [0.717, 1.165) is 17.7 Å². The third-order valence-electron chi connectivity index (χ3n) is 5.92. The summed E-state index contributed by atoms with van der Waals surface area (Å²) in [6, 6.07) is 7.58. The van der Waals surface area contributed by atoms with Crippen molar-refractivity contribution >= 4 is 11.9 Å². The lowest BCUT2D eigenvalue weighted by Crippen LogP contribution is -2.40. The second-order valence-electron chi connectivity index (χ2n) is 7.48. The number of carbonyl (C=O) groups excluding carboxylic acids is 2. The molecule has 2 bridgehead atoms. The van der Waals surface area contributed by atoms with E-state index in [1.165, 1.54) is 0 Å². The third kappa shape index (κ3) is 2.74. The first-order valence-corrected chi connectivity index (χ1v) is 9.49. The average molecular weight is 371 g/mol. The minimum atomic E-state index is -0.710. The molecule has 1 aromatic carbocycles. The fraction of sp³-hybridized carbons (Fsp3) is 0.524. The molecule has 0 radical (unpaired) electrons. The van der Waals surface area contributed by atoms with Crippen LogP contribution in [0.1, 0.15) is 31.9 Å². The van der Waals surface area contributed by atoms with Crippen LogP contribution in [0.5, 0.6) is 5.75 Å². The number of amides is 1. The van der Waals surface area contributed by atoms with Crippen LogP contribution in [-0.4, -0.2) is 48.7 Å². The van der Waals surface area contributed by atoms with Gasteiger partial charge in [0.05, 0.1) is 38.3 Å². The molecule has 5 atom stereocenters. The smallest absolute Gasteiger partial charge is 0.312 e. The first-order valence-electron chi connectivity index (χ1n) is 9.49. The van der Waals surface area contributed by atoms with Gasteiger partial charge < -0.3 is 19.1 Å². The lowest BCUT2D eigenvalue weighted by Gasteiger charge is -2.27. The Morgan fingerprint density at radius 3 is 2.78 bits per heavy atom. The first kappa shape index (κ1) is 18.0. The zero-order valence-corrected chi connectivity index (χ0v) is 15.9. The molecule has 1 aromatic rings. The summed E-state index contributed by atoms with van der Waals surface area (Å²) in [4.78, 5) is 27.7. The van der Waals surface area contributed by atoms with Crippen LogP contribution in [0.2, 0.25) is 0 Å². The molecule has 0 N–H and O–H groups in total. The van der Waals surface area contributed by atoms with Crippen molar-refractivity contribution in [1.29, 1.82) is 0 Å². The maximum absolute atomic E-state index is 13.3. The van der Waals surface area contributed by atoms with Gasteiger partial charge in [0.25, 0.3) is 0 Å². The van der Waals surface area contributed by atoms with Crippen molar-refractivity contribution < 1.29 is 23.8 Å². The SMILES string of the molecule is CCCOC(=O)[C@H]1[C@H]2C(=O)N([C@H](C)c3ccc(OC)cc3)C[C@@]23C=C[C@H]1O3. The Hall–Kier alpha value is -2.34. The average Bonchev–Trinajstić information content (AvgIpc) is 3.34. The van der Waals surface area contributed by atoms with E-state index in [-0.39, 0.29) is 24.0 Å². The number of carbonyl (C=O) groups is 2. The maximum Gasteiger partial charge on any atom is 0.312 e. The Kier molecular flexibility index (Phi) is 4.46. The van der Waals surface area contributed by atoms with Gasteiger partial charge in [-0.25, -0.2) is 0 Å². The second kappa shape index (κ2) is 6.68. The lowest BCUT2D eigenvalue weighted by molar-refractivity contribution is -0.154. The van der Waals surface area contributed by atoms with Crippen molar-refractivity contribution in [3.8, 4) is 5.75 Å². The van der Waals surface area contributed by atoms with E-state index < -0.39 is 17.4 Å². The number of esters is 1. The highest BCUT2D eigenvalue weighted by Crippen LogP contribution is 2.53. The molecule has 3 aliphatic rings. The number of hydrogen-bond acceptors (Lipinski definition) is 5. The van der Waals surface area contributed by atoms with Gasteiger partial charge in [-0.1, -0.05) is 31.2 Å². The minimum Gasteiger partial charge on any atom is -0.497 e. The summed E-state index contributed by atoms with van der Waals surface area (Å²) < 4.78 is 16.7. The van der Waals surface area contributed by atoms with Gasteiger partial charge in [0.1, 0.15) is 17.3 Å². The number of likely N-dealkylation sites (tertiary alicyclic amines) is 1. The van der Waals surface area contributed by atoms with Crippen molar-refractivity contribution in [3.63, 3.8) is 0 Å². The van der Waals surface area contributed by atoms with Crippen LogP contribution in [0.4, 0.5) is 0 Å². The molecule has 0 aliphatic carbocycles. The van der Waals surface area contributed by atoms with Crippen LogP contribution in [0.15, 0.2) is 36.4 Å². The number of methoxy groups -OCH3 is 1. The predicted molar refractivity (Wildman–Crippen MR) is 98.1 cm³/mol. The van der Waals surface area contributed by atoms with E-state index in [2.05, 4.69) is 0 Å². The Labute approximate surface area is 159 Å². The van der Waals surface area contributed by atoms with E-state index in [4.69, 9.17) is 14.2 Å². The molecule has 2 fully saturated rings. The molecule has 1 amide bonds. The van der Waals surface area contributed by atoms with Crippen molar-refractivity contribution in [2.24, 2.45) is 11.8 Å². The molecule has 2 saturated heterocycles. The monoisotopic (exact) mass is 371 g/mol. The van der Waals surface area contributed by atoms with Crippen LogP contribution in [-0.2, 0) is 19.1 Å². The quantitative estimate of drug-likeness (QED) is 0.568. The van der Waals surface area contributed by atoms with Crippen LogP contribution < -0.4 is 4.74 Å². The standard InChI is InChI=1S/C21H25NO5/c1-4-11-26-20(24)17-16-9-10-21(27-16)12-22(19(23)18(17)21)13(2)14-5-7-15(25-3)8-6-14/h5-10,13,16-18H,4,11-12H2,1-3H3/t13-,16-,17-,18+,21+/m1/s1. The minimum absolute atomic E-state index is 0.0383. The van der Waals surface area contributed by atoms with Gasteiger partial charge in [0.2, 0.25) is 5.91 Å². The van der Waals surface area contributed by atoms with Crippen molar-refractivity contribution in [1.82, 2.24) is 4.90 Å². The zero-order valence-electron chi connectivity index (χ0n) is 15.9. The van der Waals surface area contributed by atoms with Gasteiger partial charge in [-0.15, -0.1) is 0 Å². The number of nitrogens with zero attached hydrogens (tertiary/aromatic N) is 1. The first-order chi connectivity index (χ1) is 13.0. The normalized spacial score (nSPS) is 31.9. The van der Waals surface area contributed by atoms with Gasteiger partial charge in [0.15, 0.2) is 0 Å². The molecule has 1 spiro atoms. The highest BCUT2D eigenvalue weighted by molar-refractivity contribution is 5.91. The molecule has 3 heterocycles. The molecule has 3 aliphatic heterocycles. The van der Waals surface area contributed by atoms with Gasteiger partial charge >= 0.3 is 5.97 Å². The highest BCUT2D eigenvalue weighted by Gasteiger charge is 2.67. The number of benzene rings is 1. The van der Waals surface area contributed by atoms with Crippen LogP contribution >= 0.6 is 0 Å². The van der Waals surface area contributed by atoms with E-state index >= 15 is 0 Å². The molecule has 0 saturated carbocycles. The van der Waals surface area contributed by atoms with Crippen molar-refractivity contribution in [3.05, 3.63) is 42.0 Å². The summed E-state index contributed by atoms with van der Waals surface area (Å²) >= 11 is 0. The fourth-order valence-corrected chi connectivity index (χ4v) is 4.49. The Balaban J connectivity index is 1.57. The summed E-state index contributed by atoms with van der Waals surface area (Å²) in [5.74, 6) is -0.647. The topological polar surface area (TPSA) is 65.1 Å². The number of ether oxygens (including phenoxy) is 3. The van der Waals surface area contributed by atoms with Crippen LogP contribution in [0, 0.1) is 11.8 Å². The summed E-state index contributed by atoms with van der Waals surface area (Å²) in [5.41, 5.74) is 0.308. The van der Waals surface area contributed by atoms with E-state index in [0.29, 0.717) is 13.2 Å². The van der Waals surface area contributed by atoms with Gasteiger partial charge in [-0.3, -0.25) is 9.59 Å². The largest absolute Gasteiger partial charge is 0.497 e. The highest BCUT2D eigenvalue weighted by atomic mass is 16.6. The fourth-order valence-electron chi connectivity index (χ4n) is 4.49. The van der Waals surface area contributed by atoms with Gasteiger partial charge in [-0.05, 0) is 31.0 Å². The lowest BCUT2D eigenvalue weighted by atomic mass is 9.77. The zero-order chi connectivity index (χ0) is 19.2. The molecule has 4 rings (SSSR count). The summed E-state index contributed by atoms with van der Waals surface area (Å²) in [5, 5.41) is 0. The molecular weight excluding hydrogens is 346 g/mol. The van der Waals surface area contributed by atoms with Crippen molar-refractivity contribution in [2.45, 2.75) is 38.0 Å². The van der Waals surface area contributed by atoms with E-state index in [1.54, 1.807) is 7.11 Å². The molecule has 144 valence electrons. The van der Waals surface area contributed by atoms with Crippen molar-refractivity contribution in [2.75, 3.05) is 20.3 Å². The van der Waals surface area contributed by atoms with Gasteiger partial charge in [0, 0.05) is 0 Å². The van der Waals surface area contributed by atoms with E-state index in [1.807, 2.05) is 55.2 Å². The predicted octanol–water partition coefficient (Wildman–Crippen LogP) is 2.49. The van der Waals surface area contributed by atoms with E-state index in [9.17, 15) is 9.59 Å². The molecule has 0 aromatic heterocycles. The van der Waals surface area contributed by atoms with Gasteiger partial charge in [-0.2, -0.15) is 0 Å². The number of rotatable bonds is 6. The van der Waals surface area contributed by atoms with Crippen LogP contribution in [0.25, 0.3) is 0 Å². The number of hydrogen-bond donors (Lipinski definition) is 0. The molecule has 27 heavy (non-hydrogen) atoms. The summed E-state index contributed by atoms with van der Waals surface area (Å²) in [7, 11) is 1.63. The maximum atomic E-state index is 13.3. The molecule has 6 nitrogen and oxygen atoms in total. The van der Waals surface area contributed by atoms with Crippen LogP contribution in [0.3, 0.4) is 0 Å². The second-order valence-corrected chi connectivity index (χ2v) is 7.48. The molecule has 6 heteroatoms. The molecular formula is C21H25NO5. The Bertz CT molecular complexity index is 773. The Morgan fingerprint density at radius 2 is 2.11 bits per heavy atom. The third-order valence-corrected chi connectivity index (χ3v) is 5.92. The summed E-state index contributed by atoms with van der Waals surface area (Å²) in [6.45, 7) is 4.77. The summed E-state index contributed by atoms with van der Waals surface area (Å²) in [6.07, 6.45) is 4.26. The Morgan fingerprint density at radius 1 is 1.37 bits per heavy atom. The molecule has 0 unspecified atom stereocenters.